The topological polar surface area (TPSA) is 47.3 Å². The first kappa shape index (κ1) is 21.5. The fourth-order valence-electron chi connectivity index (χ4n) is 4.73. The molecule has 0 heterocycles. The number of ether oxygens (including phenoxy) is 1. The zero-order valence-corrected chi connectivity index (χ0v) is 18.3. The normalized spacial score (nSPS) is 19.0. The molecule has 3 unspecified atom stereocenters. The van der Waals surface area contributed by atoms with Crippen molar-refractivity contribution in [2.45, 2.75) is 38.3 Å². The lowest BCUT2D eigenvalue weighted by atomic mass is 9.73. The zero-order valence-electron chi connectivity index (χ0n) is 18.3. The summed E-state index contributed by atoms with van der Waals surface area (Å²) in [4.78, 5) is 0. The Morgan fingerprint density at radius 3 is 2.74 bits per heavy atom. The van der Waals surface area contributed by atoms with E-state index in [-0.39, 0.29) is 17.6 Å². The minimum Gasteiger partial charge on any atom is -0.494 e. The van der Waals surface area contributed by atoms with Crippen molar-refractivity contribution in [2.24, 2.45) is 11.7 Å². The summed E-state index contributed by atoms with van der Waals surface area (Å²) in [6.45, 7) is 3.58. The van der Waals surface area contributed by atoms with E-state index < -0.39 is 0 Å². The molecule has 4 rings (SSSR count). The molecule has 31 heavy (non-hydrogen) atoms. The maximum atomic E-state index is 13.8. The lowest BCUT2D eigenvalue weighted by molar-refractivity contribution is 0.376. The molecule has 0 aliphatic heterocycles. The molecule has 4 heteroatoms. The molecule has 1 aliphatic rings. The van der Waals surface area contributed by atoms with Crippen LogP contribution in [0.4, 0.5) is 4.39 Å². The van der Waals surface area contributed by atoms with Gasteiger partial charge in [-0.2, -0.15) is 0 Å². The average molecular weight is 419 g/mol. The van der Waals surface area contributed by atoms with Crippen LogP contribution < -0.4 is 15.8 Å². The molecular formula is C27H31FN2O. The smallest absolute Gasteiger partial charge is 0.165 e. The van der Waals surface area contributed by atoms with Gasteiger partial charge >= 0.3 is 0 Å². The van der Waals surface area contributed by atoms with Crippen LogP contribution in [0.25, 0.3) is 0 Å². The van der Waals surface area contributed by atoms with Crippen molar-refractivity contribution in [3.8, 4) is 5.75 Å². The van der Waals surface area contributed by atoms with Crippen molar-refractivity contribution in [1.82, 2.24) is 5.32 Å². The van der Waals surface area contributed by atoms with Crippen molar-refractivity contribution in [2.75, 3.05) is 13.7 Å². The number of halogens is 1. The second-order valence-electron chi connectivity index (χ2n) is 8.53. The largest absolute Gasteiger partial charge is 0.494 e. The molecule has 0 amide bonds. The molecule has 0 fully saturated rings. The Labute approximate surface area is 184 Å². The zero-order chi connectivity index (χ0) is 21.8. The molecular weight excluding hydrogens is 387 g/mol. The lowest BCUT2D eigenvalue weighted by Crippen LogP contribution is -2.31. The van der Waals surface area contributed by atoms with Crippen LogP contribution in [0.15, 0.2) is 66.7 Å². The van der Waals surface area contributed by atoms with Crippen LogP contribution in [0.2, 0.25) is 0 Å². The first-order valence-corrected chi connectivity index (χ1v) is 11.0. The third kappa shape index (κ3) is 4.81. The number of hydrogen-bond acceptors (Lipinski definition) is 3. The van der Waals surface area contributed by atoms with Gasteiger partial charge in [0.2, 0.25) is 0 Å². The first-order chi connectivity index (χ1) is 15.1. The highest BCUT2D eigenvalue weighted by Crippen LogP contribution is 2.39. The number of rotatable bonds is 7. The Kier molecular flexibility index (Phi) is 6.69. The van der Waals surface area contributed by atoms with Crippen LogP contribution in [-0.4, -0.2) is 13.7 Å². The third-order valence-corrected chi connectivity index (χ3v) is 6.49. The summed E-state index contributed by atoms with van der Waals surface area (Å²) >= 11 is 0. The van der Waals surface area contributed by atoms with Crippen LogP contribution in [0.1, 0.15) is 53.1 Å². The van der Waals surface area contributed by atoms with Gasteiger partial charge in [-0.05, 0) is 72.2 Å². The molecule has 0 bridgehead atoms. The Balaban J connectivity index is 1.51. The summed E-state index contributed by atoms with van der Waals surface area (Å²) in [5.41, 5.74) is 12.3. The summed E-state index contributed by atoms with van der Waals surface area (Å²) < 4.78 is 18.9. The van der Waals surface area contributed by atoms with Gasteiger partial charge in [-0.25, -0.2) is 4.39 Å². The summed E-state index contributed by atoms with van der Waals surface area (Å²) in [6, 6.07) is 22.7. The van der Waals surface area contributed by atoms with E-state index >= 15 is 0 Å². The van der Waals surface area contributed by atoms with Gasteiger partial charge in [0, 0.05) is 18.5 Å². The lowest BCUT2D eigenvalue weighted by Gasteiger charge is -2.33. The van der Waals surface area contributed by atoms with Crippen molar-refractivity contribution in [3.05, 3.63) is 100 Å². The molecule has 3 aromatic carbocycles. The summed E-state index contributed by atoms with van der Waals surface area (Å²) in [5.74, 6) is 0.859. The Morgan fingerprint density at radius 2 is 1.94 bits per heavy atom. The fourth-order valence-corrected chi connectivity index (χ4v) is 4.73. The second kappa shape index (κ2) is 9.63. The molecule has 3 nitrogen and oxygen atoms in total. The molecule has 1 aliphatic carbocycles. The van der Waals surface area contributed by atoms with Crippen molar-refractivity contribution >= 4 is 0 Å². The maximum absolute atomic E-state index is 13.8. The Hall–Kier alpha value is -2.69. The molecule has 3 atom stereocenters. The average Bonchev–Trinajstić information content (AvgIpc) is 2.82. The number of hydrogen-bond donors (Lipinski definition) is 2. The fraction of sp³-hybridized carbons (Fsp3) is 0.333. The molecule has 0 spiro atoms. The van der Waals surface area contributed by atoms with Crippen LogP contribution in [0.3, 0.4) is 0 Å². The van der Waals surface area contributed by atoms with Gasteiger partial charge in [0.05, 0.1) is 7.11 Å². The van der Waals surface area contributed by atoms with E-state index in [1.54, 1.807) is 6.07 Å². The van der Waals surface area contributed by atoms with Gasteiger partial charge in [0.1, 0.15) is 0 Å². The third-order valence-electron chi connectivity index (χ3n) is 6.49. The summed E-state index contributed by atoms with van der Waals surface area (Å²) in [7, 11) is 1.50. The predicted molar refractivity (Wildman–Crippen MR) is 124 cm³/mol. The number of methoxy groups -OCH3 is 1. The number of nitrogens with one attached hydrogen (secondary N) is 1. The van der Waals surface area contributed by atoms with Gasteiger partial charge in [0.25, 0.3) is 0 Å². The highest BCUT2D eigenvalue weighted by Gasteiger charge is 2.28. The van der Waals surface area contributed by atoms with E-state index in [2.05, 4.69) is 60.8 Å². The molecule has 0 saturated heterocycles. The summed E-state index contributed by atoms with van der Waals surface area (Å²) in [6.07, 6.45) is 2.16. The van der Waals surface area contributed by atoms with Crippen molar-refractivity contribution in [1.29, 1.82) is 0 Å². The Morgan fingerprint density at radius 1 is 1.10 bits per heavy atom. The molecule has 0 radical (unpaired) electrons. The van der Waals surface area contributed by atoms with E-state index in [0.717, 1.165) is 24.9 Å². The van der Waals surface area contributed by atoms with E-state index in [1.807, 2.05) is 6.07 Å². The highest BCUT2D eigenvalue weighted by molar-refractivity contribution is 5.41. The molecule has 0 saturated carbocycles. The minimum atomic E-state index is -0.329. The molecule has 162 valence electrons. The SMILES string of the molecule is COc1cc(C(C)NCC2Cc3ccccc3C(c3cccc(CN)c3)C2)ccc1F. The Bertz CT molecular complexity index is 1040. The van der Waals surface area contributed by atoms with E-state index in [0.29, 0.717) is 18.4 Å². The van der Waals surface area contributed by atoms with Crippen molar-refractivity contribution < 1.29 is 9.13 Å². The highest BCUT2D eigenvalue weighted by atomic mass is 19.1. The van der Waals surface area contributed by atoms with Crippen molar-refractivity contribution in [3.63, 3.8) is 0 Å². The summed E-state index contributed by atoms with van der Waals surface area (Å²) in [5, 5.41) is 3.67. The molecule has 3 aromatic rings. The van der Waals surface area contributed by atoms with E-state index in [4.69, 9.17) is 10.5 Å². The second-order valence-corrected chi connectivity index (χ2v) is 8.53. The van der Waals surface area contributed by atoms with Crippen LogP contribution in [0, 0.1) is 11.7 Å². The first-order valence-electron chi connectivity index (χ1n) is 11.0. The number of benzene rings is 3. The van der Waals surface area contributed by atoms with Crippen LogP contribution >= 0.6 is 0 Å². The van der Waals surface area contributed by atoms with Gasteiger partial charge < -0.3 is 15.8 Å². The monoisotopic (exact) mass is 418 g/mol. The standard InChI is InChI=1S/C27H31FN2O/c1-18(21-10-11-26(28)27(15-21)31-2)30-17-20-13-22-7-3-4-9-24(22)25(14-20)23-8-5-6-19(12-23)16-29/h3-12,15,18,20,25,30H,13-14,16-17,29H2,1-2H3. The van der Waals surface area contributed by atoms with E-state index in [1.165, 1.54) is 35.4 Å². The van der Waals surface area contributed by atoms with Gasteiger partial charge in [-0.1, -0.05) is 54.6 Å². The number of nitrogens with two attached hydrogens (primary N) is 1. The quantitative estimate of drug-likeness (QED) is 0.545. The van der Waals surface area contributed by atoms with E-state index in [9.17, 15) is 4.39 Å². The van der Waals surface area contributed by atoms with Gasteiger partial charge in [0.15, 0.2) is 11.6 Å². The van der Waals surface area contributed by atoms with Crippen LogP contribution in [0.5, 0.6) is 5.75 Å². The molecule has 3 N–H and O–H groups in total. The molecule has 0 aromatic heterocycles. The van der Waals surface area contributed by atoms with Gasteiger partial charge in [-0.3, -0.25) is 0 Å². The van der Waals surface area contributed by atoms with Gasteiger partial charge in [-0.15, -0.1) is 0 Å². The number of fused-ring (bicyclic) bond motifs is 1. The maximum Gasteiger partial charge on any atom is 0.165 e. The minimum absolute atomic E-state index is 0.116. The predicted octanol–water partition coefficient (Wildman–Crippen LogP) is 5.34. The van der Waals surface area contributed by atoms with Crippen LogP contribution in [-0.2, 0) is 13.0 Å².